The van der Waals surface area contributed by atoms with Crippen molar-refractivity contribution in [2.45, 2.75) is 37.9 Å². The van der Waals surface area contributed by atoms with Gasteiger partial charge in [-0.2, -0.15) is 0 Å². The molecule has 1 aromatic carbocycles. The Balaban J connectivity index is 0.000000791. The predicted octanol–water partition coefficient (Wildman–Crippen LogP) is 5.37. The van der Waals surface area contributed by atoms with Gasteiger partial charge in [0.15, 0.2) is 0 Å². The lowest BCUT2D eigenvalue weighted by atomic mass is 10.0. The van der Waals surface area contributed by atoms with Gasteiger partial charge in [-0.1, -0.05) is 63.9 Å². The standard InChI is InChI=1S/C10H12Br2.C2H6/c1-7-4-3-5-9(8(2)12)10(7)6-11;1-2/h3-5,8H,6H2,1-2H3;1-2H3. The molecule has 0 aliphatic carbocycles. The number of halogens is 2. The van der Waals surface area contributed by atoms with E-state index in [9.17, 15) is 0 Å². The molecule has 0 saturated carbocycles. The number of aryl methyl sites for hydroxylation is 1. The molecule has 0 saturated heterocycles. The van der Waals surface area contributed by atoms with E-state index in [-0.39, 0.29) is 0 Å². The van der Waals surface area contributed by atoms with Crippen LogP contribution in [0.2, 0.25) is 0 Å². The van der Waals surface area contributed by atoms with Crippen molar-refractivity contribution in [1.82, 2.24) is 0 Å². The highest BCUT2D eigenvalue weighted by atomic mass is 79.9. The van der Waals surface area contributed by atoms with Gasteiger partial charge in [-0.05, 0) is 30.5 Å². The van der Waals surface area contributed by atoms with Crippen molar-refractivity contribution in [2.75, 3.05) is 0 Å². The summed E-state index contributed by atoms with van der Waals surface area (Å²) in [5.74, 6) is 0. The molecule has 0 aromatic heterocycles. The molecule has 1 unspecified atom stereocenters. The van der Waals surface area contributed by atoms with Crippen LogP contribution in [0.25, 0.3) is 0 Å². The van der Waals surface area contributed by atoms with Crippen LogP contribution in [0, 0.1) is 6.92 Å². The molecule has 14 heavy (non-hydrogen) atoms. The van der Waals surface area contributed by atoms with Crippen molar-refractivity contribution in [3.05, 3.63) is 34.9 Å². The molecule has 0 amide bonds. The van der Waals surface area contributed by atoms with Crippen molar-refractivity contribution in [1.29, 1.82) is 0 Å². The minimum atomic E-state index is 0.435. The minimum absolute atomic E-state index is 0.435. The maximum absolute atomic E-state index is 3.59. The molecule has 0 aliphatic rings. The SMILES string of the molecule is CC.Cc1cccc(C(C)Br)c1CBr. The third kappa shape index (κ3) is 3.74. The van der Waals surface area contributed by atoms with Crippen LogP contribution in [0.15, 0.2) is 18.2 Å². The number of hydrogen-bond donors (Lipinski definition) is 0. The lowest BCUT2D eigenvalue weighted by molar-refractivity contribution is 1.08. The zero-order valence-electron chi connectivity index (χ0n) is 9.27. The first-order valence-corrected chi connectivity index (χ1v) is 6.99. The molecule has 2 heteroatoms. The predicted molar refractivity (Wildman–Crippen MR) is 72.5 cm³/mol. The maximum atomic E-state index is 3.59. The molecule has 0 heterocycles. The van der Waals surface area contributed by atoms with E-state index in [1.807, 2.05) is 13.8 Å². The average molecular weight is 322 g/mol. The molecular weight excluding hydrogens is 304 g/mol. The first-order chi connectivity index (χ1) is 6.66. The van der Waals surface area contributed by atoms with Crippen LogP contribution in [0.4, 0.5) is 0 Å². The molecule has 1 atom stereocenters. The molecule has 0 fully saturated rings. The summed E-state index contributed by atoms with van der Waals surface area (Å²) < 4.78 is 0. The van der Waals surface area contributed by atoms with Gasteiger partial charge < -0.3 is 0 Å². The zero-order valence-corrected chi connectivity index (χ0v) is 12.4. The Morgan fingerprint density at radius 2 is 1.86 bits per heavy atom. The monoisotopic (exact) mass is 320 g/mol. The van der Waals surface area contributed by atoms with E-state index >= 15 is 0 Å². The topological polar surface area (TPSA) is 0 Å². The van der Waals surface area contributed by atoms with Gasteiger partial charge in [0.05, 0.1) is 0 Å². The highest BCUT2D eigenvalue weighted by Gasteiger charge is 2.07. The lowest BCUT2D eigenvalue weighted by Gasteiger charge is -2.11. The Morgan fingerprint density at radius 3 is 2.21 bits per heavy atom. The molecule has 0 nitrogen and oxygen atoms in total. The van der Waals surface area contributed by atoms with Crippen molar-refractivity contribution >= 4 is 31.9 Å². The Bertz CT molecular complexity index is 267. The summed E-state index contributed by atoms with van der Waals surface area (Å²) in [5.41, 5.74) is 4.14. The van der Waals surface area contributed by atoms with Gasteiger partial charge in [-0.3, -0.25) is 0 Å². The summed E-state index contributed by atoms with van der Waals surface area (Å²) in [6.07, 6.45) is 0. The summed E-state index contributed by atoms with van der Waals surface area (Å²) in [5, 5.41) is 0.935. The van der Waals surface area contributed by atoms with E-state index < -0.39 is 0 Å². The molecule has 1 rings (SSSR count). The largest absolute Gasteiger partial charge is 0.0876 e. The average Bonchev–Trinajstić information content (AvgIpc) is 2.20. The highest BCUT2D eigenvalue weighted by Crippen LogP contribution is 2.28. The van der Waals surface area contributed by atoms with Crippen LogP contribution in [-0.4, -0.2) is 0 Å². The van der Waals surface area contributed by atoms with Crippen molar-refractivity contribution < 1.29 is 0 Å². The normalized spacial score (nSPS) is 11.6. The van der Waals surface area contributed by atoms with Gasteiger partial charge in [0.25, 0.3) is 0 Å². The maximum Gasteiger partial charge on any atom is 0.0370 e. The molecule has 1 aromatic rings. The summed E-state index contributed by atoms with van der Waals surface area (Å²) in [6, 6.07) is 6.42. The fraction of sp³-hybridized carbons (Fsp3) is 0.500. The van der Waals surface area contributed by atoms with Gasteiger partial charge in [-0.15, -0.1) is 0 Å². The number of hydrogen-bond acceptors (Lipinski definition) is 0. The van der Waals surface area contributed by atoms with Gasteiger partial charge in [0.2, 0.25) is 0 Å². The fourth-order valence-electron chi connectivity index (χ4n) is 1.28. The highest BCUT2D eigenvalue weighted by molar-refractivity contribution is 9.09. The Hall–Kier alpha value is 0.180. The second-order valence-corrected chi connectivity index (χ2v) is 4.83. The molecular formula is C12H18Br2. The summed E-state index contributed by atoms with van der Waals surface area (Å²) in [4.78, 5) is 0.435. The number of benzene rings is 1. The summed E-state index contributed by atoms with van der Waals surface area (Å²) in [7, 11) is 0. The van der Waals surface area contributed by atoms with Crippen molar-refractivity contribution in [3.8, 4) is 0 Å². The van der Waals surface area contributed by atoms with Gasteiger partial charge >= 0.3 is 0 Å². The molecule has 0 N–H and O–H groups in total. The number of alkyl halides is 2. The van der Waals surface area contributed by atoms with E-state index in [1.165, 1.54) is 16.7 Å². The van der Waals surface area contributed by atoms with Gasteiger partial charge in [0, 0.05) is 10.2 Å². The Morgan fingerprint density at radius 1 is 1.29 bits per heavy atom. The van der Waals surface area contributed by atoms with Crippen LogP contribution in [0.3, 0.4) is 0 Å². The van der Waals surface area contributed by atoms with E-state index in [0.29, 0.717) is 4.83 Å². The van der Waals surface area contributed by atoms with Gasteiger partial charge in [0.1, 0.15) is 0 Å². The van der Waals surface area contributed by atoms with E-state index in [0.717, 1.165) is 5.33 Å². The molecule has 0 bridgehead atoms. The first-order valence-electron chi connectivity index (χ1n) is 4.95. The first kappa shape index (κ1) is 14.2. The Labute approximate surface area is 104 Å². The third-order valence-electron chi connectivity index (χ3n) is 2.01. The third-order valence-corrected chi connectivity index (χ3v) is 3.06. The summed E-state index contributed by atoms with van der Waals surface area (Å²) >= 11 is 7.09. The molecule has 0 radical (unpaired) electrons. The van der Waals surface area contributed by atoms with E-state index in [2.05, 4.69) is 63.9 Å². The smallest absolute Gasteiger partial charge is 0.0370 e. The number of rotatable bonds is 2. The van der Waals surface area contributed by atoms with E-state index in [1.54, 1.807) is 0 Å². The van der Waals surface area contributed by atoms with E-state index in [4.69, 9.17) is 0 Å². The molecule has 0 spiro atoms. The summed E-state index contributed by atoms with van der Waals surface area (Å²) in [6.45, 7) is 8.30. The van der Waals surface area contributed by atoms with Crippen LogP contribution < -0.4 is 0 Å². The Kier molecular flexibility index (Phi) is 7.56. The zero-order chi connectivity index (χ0) is 11.1. The molecule has 80 valence electrons. The second-order valence-electron chi connectivity index (χ2n) is 2.89. The van der Waals surface area contributed by atoms with Crippen LogP contribution >= 0.6 is 31.9 Å². The minimum Gasteiger partial charge on any atom is -0.0876 e. The van der Waals surface area contributed by atoms with Crippen molar-refractivity contribution in [2.24, 2.45) is 0 Å². The lowest BCUT2D eigenvalue weighted by Crippen LogP contribution is -1.94. The molecule has 0 aliphatic heterocycles. The second kappa shape index (κ2) is 7.47. The van der Waals surface area contributed by atoms with Gasteiger partial charge in [-0.25, -0.2) is 0 Å². The fourth-order valence-corrected chi connectivity index (χ4v) is 2.48. The quantitative estimate of drug-likeness (QED) is 0.642. The van der Waals surface area contributed by atoms with Crippen LogP contribution in [0.1, 0.15) is 42.3 Å². The van der Waals surface area contributed by atoms with Crippen LogP contribution in [-0.2, 0) is 5.33 Å². The van der Waals surface area contributed by atoms with Crippen LogP contribution in [0.5, 0.6) is 0 Å². The van der Waals surface area contributed by atoms with Crippen molar-refractivity contribution in [3.63, 3.8) is 0 Å².